The van der Waals surface area contributed by atoms with Crippen LogP contribution in [0, 0.1) is 5.92 Å². The van der Waals surface area contributed by atoms with E-state index in [-0.39, 0.29) is 29.0 Å². The van der Waals surface area contributed by atoms with Gasteiger partial charge in [0.25, 0.3) is 5.56 Å². The normalized spacial score (nSPS) is 23.4. The van der Waals surface area contributed by atoms with Crippen molar-refractivity contribution in [3.63, 3.8) is 0 Å². The summed E-state index contributed by atoms with van der Waals surface area (Å²) in [5.41, 5.74) is -0.690. The second-order valence-corrected chi connectivity index (χ2v) is 9.50. The van der Waals surface area contributed by atoms with Crippen molar-refractivity contribution in [2.75, 3.05) is 37.6 Å². The highest BCUT2D eigenvalue weighted by atomic mass is 16.2. The fraction of sp³-hybridized carbons (Fsp3) is 0.739. The van der Waals surface area contributed by atoms with E-state index < -0.39 is 0 Å². The summed E-state index contributed by atoms with van der Waals surface area (Å²) in [6.07, 6.45) is 8.54. The van der Waals surface area contributed by atoms with Crippen molar-refractivity contribution in [3.8, 4) is 0 Å². The van der Waals surface area contributed by atoms with Crippen LogP contribution >= 0.6 is 0 Å². The quantitative estimate of drug-likeness (QED) is 0.683. The summed E-state index contributed by atoms with van der Waals surface area (Å²) in [6.45, 7) is 2.71. The molecule has 9 heteroatoms. The SMILES string of the molecule is Cn1c(N2CCN(C(=O)[C@@H]3CC(=O)N(C4CCCCCCC4)C3)CC2)cc(=O)n(C)c1=O. The first-order valence-corrected chi connectivity index (χ1v) is 12.0. The minimum absolute atomic E-state index is 0.0595. The number of carbonyl (C=O) groups is 2. The summed E-state index contributed by atoms with van der Waals surface area (Å²) in [5, 5.41) is 0. The Kier molecular flexibility index (Phi) is 6.71. The van der Waals surface area contributed by atoms with E-state index in [4.69, 9.17) is 0 Å². The number of piperazine rings is 1. The van der Waals surface area contributed by atoms with Crippen LogP contribution in [-0.4, -0.2) is 69.5 Å². The van der Waals surface area contributed by atoms with Gasteiger partial charge >= 0.3 is 5.69 Å². The molecule has 3 heterocycles. The van der Waals surface area contributed by atoms with Gasteiger partial charge in [0.05, 0.1) is 5.92 Å². The minimum atomic E-state index is -0.357. The summed E-state index contributed by atoms with van der Waals surface area (Å²) < 4.78 is 2.56. The van der Waals surface area contributed by atoms with E-state index in [1.807, 2.05) is 14.7 Å². The number of aromatic nitrogens is 2. The third kappa shape index (κ3) is 4.47. The molecule has 9 nitrogen and oxygen atoms in total. The van der Waals surface area contributed by atoms with E-state index in [0.717, 1.165) is 17.4 Å². The molecule has 3 aliphatic rings. The number of amides is 2. The predicted octanol–water partition coefficient (Wildman–Crippen LogP) is 0.694. The van der Waals surface area contributed by atoms with Gasteiger partial charge in [-0.05, 0) is 12.8 Å². The zero-order valence-corrected chi connectivity index (χ0v) is 19.3. The molecule has 0 spiro atoms. The molecule has 0 radical (unpaired) electrons. The lowest BCUT2D eigenvalue weighted by molar-refractivity contribution is -0.136. The van der Waals surface area contributed by atoms with Crippen LogP contribution in [0.25, 0.3) is 0 Å². The Morgan fingerprint density at radius 3 is 2.16 bits per heavy atom. The van der Waals surface area contributed by atoms with Gasteiger partial charge < -0.3 is 14.7 Å². The molecule has 0 bridgehead atoms. The Bertz CT molecular complexity index is 968. The summed E-state index contributed by atoms with van der Waals surface area (Å²) >= 11 is 0. The van der Waals surface area contributed by atoms with Gasteiger partial charge in [-0.15, -0.1) is 0 Å². The van der Waals surface area contributed by atoms with E-state index in [1.54, 1.807) is 7.05 Å². The molecule has 4 rings (SSSR count). The van der Waals surface area contributed by atoms with Crippen molar-refractivity contribution < 1.29 is 9.59 Å². The third-order valence-corrected chi connectivity index (χ3v) is 7.44. The molecule has 2 aliphatic heterocycles. The fourth-order valence-electron chi connectivity index (χ4n) is 5.44. The zero-order chi connectivity index (χ0) is 22.8. The van der Waals surface area contributed by atoms with Crippen molar-refractivity contribution >= 4 is 17.6 Å². The van der Waals surface area contributed by atoms with E-state index in [0.29, 0.717) is 51.0 Å². The summed E-state index contributed by atoms with van der Waals surface area (Å²) in [6, 6.07) is 1.76. The zero-order valence-electron chi connectivity index (χ0n) is 19.3. The Balaban J connectivity index is 1.36. The van der Waals surface area contributed by atoms with Crippen molar-refractivity contribution in [2.24, 2.45) is 20.0 Å². The van der Waals surface area contributed by atoms with Gasteiger partial charge in [-0.25, -0.2) is 4.79 Å². The van der Waals surface area contributed by atoms with E-state index >= 15 is 0 Å². The molecule has 1 aromatic rings. The van der Waals surface area contributed by atoms with Crippen LogP contribution in [0.4, 0.5) is 5.82 Å². The molecule has 1 aliphatic carbocycles. The number of nitrogens with zero attached hydrogens (tertiary/aromatic N) is 5. The average Bonchev–Trinajstić information content (AvgIpc) is 3.16. The lowest BCUT2D eigenvalue weighted by atomic mass is 9.96. The highest BCUT2D eigenvalue weighted by Gasteiger charge is 2.40. The van der Waals surface area contributed by atoms with Crippen molar-refractivity contribution in [1.82, 2.24) is 18.9 Å². The maximum absolute atomic E-state index is 13.2. The maximum atomic E-state index is 13.2. The number of rotatable bonds is 3. The van der Waals surface area contributed by atoms with Crippen molar-refractivity contribution in [3.05, 3.63) is 26.9 Å². The number of anilines is 1. The molecule has 3 fully saturated rings. The molecule has 0 unspecified atom stereocenters. The van der Waals surface area contributed by atoms with Crippen molar-refractivity contribution in [2.45, 2.75) is 57.4 Å². The van der Waals surface area contributed by atoms with Gasteiger partial charge in [0, 0.05) is 65.3 Å². The Labute approximate surface area is 188 Å². The Morgan fingerprint density at radius 1 is 0.875 bits per heavy atom. The molecule has 2 saturated heterocycles. The second kappa shape index (κ2) is 9.50. The Hall–Kier alpha value is -2.58. The molecule has 0 aromatic carbocycles. The lowest BCUT2D eigenvalue weighted by Gasteiger charge is -2.37. The molecular weight excluding hydrogens is 410 g/mol. The largest absolute Gasteiger partial charge is 0.354 e. The second-order valence-electron chi connectivity index (χ2n) is 9.50. The topological polar surface area (TPSA) is 87.9 Å². The number of hydrogen-bond donors (Lipinski definition) is 0. The first-order valence-electron chi connectivity index (χ1n) is 12.0. The highest BCUT2D eigenvalue weighted by molar-refractivity contribution is 5.89. The van der Waals surface area contributed by atoms with E-state index in [9.17, 15) is 19.2 Å². The van der Waals surface area contributed by atoms with Crippen LogP contribution < -0.4 is 16.1 Å². The molecule has 1 aromatic heterocycles. The van der Waals surface area contributed by atoms with Gasteiger partial charge in [-0.3, -0.25) is 23.5 Å². The molecular formula is C23H35N5O4. The smallest absolute Gasteiger partial charge is 0.332 e. The molecule has 0 N–H and O–H groups in total. The first kappa shape index (κ1) is 22.6. The number of carbonyl (C=O) groups excluding carboxylic acids is 2. The molecule has 32 heavy (non-hydrogen) atoms. The number of likely N-dealkylation sites (tertiary alicyclic amines) is 1. The summed E-state index contributed by atoms with van der Waals surface area (Å²) in [7, 11) is 3.12. The van der Waals surface area contributed by atoms with Crippen LogP contribution in [0.3, 0.4) is 0 Å². The van der Waals surface area contributed by atoms with Crippen LogP contribution in [0.1, 0.15) is 51.4 Å². The van der Waals surface area contributed by atoms with E-state index in [1.165, 1.54) is 49.8 Å². The third-order valence-electron chi connectivity index (χ3n) is 7.44. The fourth-order valence-corrected chi connectivity index (χ4v) is 5.44. The minimum Gasteiger partial charge on any atom is -0.354 e. The lowest BCUT2D eigenvalue weighted by Crippen LogP contribution is -2.52. The van der Waals surface area contributed by atoms with Gasteiger partial charge in [-0.2, -0.15) is 0 Å². The summed E-state index contributed by atoms with van der Waals surface area (Å²) in [5.74, 6) is 0.511. The maximum Gasteiger partial charge on any atom is 0.332 e. The van der Waals surface area contributed by atoms with Crippen LogP contribution in [0.5, 0.6) is 0 Å². The van der Waals surface area contributed by atoms with E-state index in [2.05, 4.69) is 0 Å². The standard InChI is InChI=1S/C23H35N5O4/c1-24-19(15-20(29)25(2)23(24)32)26-10-12-27(13-11-26)22(31)17-14-21(30)28(16-17)18-8-6-4-3-5-7-9-18/h15,17-18H,3-14,16H2,1-2H3/t17-/m1/s1. The van der Waals surface area contributed by atoms with Crippen LogP contribution in [-0.2, 0) is 23.7 Å². The summed E-state index contributed by atoms with van der Waals surface area (Å²) in [4.78, 5) is 56.0. The average molecular weight is 446 g/mol. The number of hydrogen-bond acceptors (Lipinski definition) is 5. The van der Waals surface area contributed by atoms with Crippen molar-refractivity contribution in [1.29, 1.82) is 0 Å². The van der Waals surface area contributed by atoms with Crippen LogP contribution in [0.15, 0.2) is 15.7 Å². The molecule has 176 valence electrons. The van der Waals surface area contributed by atoms with Gasteiger partial charge in [0.1, 0.15) is 5.82 Å². The predicted molar refractivity (Wildman–Crippen MR) is 122 cm³/mol. The van der Waals surface area contributed by atoms with Gasteiger partial charge in [-0.1, -0.05) is 32.1 Å². The van der Waals surface area contributed by atoms with Gasteiger partial charge in [0.2, 0.25) is 11.8 Å². The Morgan fingerprint density at radius 2 is 1.50 bits per heavy atom. The molecule has 2 amide bonds. The molecule has 1 saturated carbocycles. The monoisotopic (exact) mass is 445 g/mol. The highest BCUT2D eigenvalue weighted by Crippen LogP contribution is 2.29. The molecule has 1 atom stereocenters. The first-order chi connectivity index (χ1) is 15.4. The van der Waals surface area contributed by atoms with Crippen LogP contribution in [0.2, 0.25) is 0 Å². The van der Waals surface area contributed by atoms with Gasteiger partial charge in [0.15, 0.2) is 0 Å².